The maximum absolute atomic E-state index is 12.6. The molecule has 2 heterocycles. The molecule has 6 nitrogen and oxygen atoms in total. The Labute approximate surface area is 150 Å². The largest absolute Gasteiger partial charge is 0.394 e. The van der Waals surface area contributed by atoms with Crippen LogP contribution >= 0.6 is 0 Å². The van der Waals surface area contributed by atoms with Gasteiger partial charge in [-0.15, -0.1) is 0 Å². The molecule has 1 aromatic carbocycles. The minimum Gasteiger partial charge on any atom is -0.394 e. The summed E-state index contributed by atoms with van der Waals surface area (Å²) in [5.41, 5.74) is 1.33. The van der Waals surface area contributed by atoms with Crippen molar-refractivity contribution in [3.05, 3.63) is 35.9 Å². The van der Waals surface area contributed by atoms with E-state index in [0.29, 0.717) is 13.1 Å². The van der Waals surface area contributed by atoms with Gasteiger partial charge in [0.05, 0.1) is 25.3 Å². The fourth-order valence-corrected chi connectivity index (χ4v) is 3.75. The lowest BCUT2D eigenvalue weighted by Crippen LogP contribution is -2.50. The molecular formula is C19H29N3O3. The van der Waals surface area contributed by atoms with Crippen LogP contribution in [0.3, 0.4) is 0 Å². The van der Waals surface area contributed by atoms with E-state index in [4.69, 9.17) is 4.74 Å². The number of methoxy groups -OCH3 is 1. The molecule has 25 heavy (non-hydrogen) atoms. The second-order valence-electron chi connectivity index (χ2n) is 7.01. The van der Waals surface area contributed by atoms with E-state index < -0.39 is 0 Å². The molecule has 0 aliphatic carbocycles. The summed E-state index contributed by atoms with van der Waals surface area (Å²) in [5.74, 6) is 0.107. The number of carbonyl (C=O) groups is 1. The molecule has 1 amide bonds. The molecule has 6 heteroatoms. The molecule has 2 fully saturated rings. The number of aliphatic hydroxyl groups is 1. The average molecular weight is 347 g/mol. The van der Waals surface area contributed by atoms with Crippen LogP contribution in [0.15, 0.2) is 30.3 Å². The number of hydrogen-bond acceptors (Lipinski definition) is 5. The third-order valence-corrected chi connectivity index (χ3v) is 5.31. The molecule has 138 valence electrons. The van der Waals surface area contributed by atoms with Gasteiger partial charge >= 0.3 is 0 Å². The lowest BCUT2D eigenvalue weighted by atomic mass is 10.2. The Balaban J connectivity index is 1.45. The van der Waals surface area contributed by atoms with Gasteiger partial charge in [0.2, 0.25) is 5.91 Å². The minimum atomic E-state index is -0.100. The number of aliphatic hydroxyl groups excluding tert-OH is 1. The van der Waals surface area contributed by atoms with Gasteiger partial charge in [0.1, 0.15) is 0 Å². The van der Waals surface area contributed by atoms with Crippen LogP contribution in [0.4, 0.5) is 0 Å². The number of piperazine rings is 1. The summed E-state index contributed by atoms with van der Waals surface area (Å²) in [6.07, 6.45) is 0.771. The fourth-order valence-electron chi connectivity index (χ4n) is 3.75. The SMILES string of the molecule is CO[C@H]1C[C@@H](CO)N(C(=O)CN2CCN(Cc3ccccc3)CC2)C1. The Kier molecular flexibility index (Phi) is 6.42. The van der Waals surface area contributed by atoms with Crippen LogP contribution < -0.4 is 0 Å². The van der Waals surface area contributed by atoms with Gasteiger partial charge in [0.25, 0.3) is 0 Å². The molecule has 0 spiro atoms. The smallest absolute Gasteiger partial charge is 0.237 e. The monoisotopic (exact) mass is 347 g/mol. The highest BCUT2D eigenvalue weighted by molar-refractivity contribution is 5.79. The molecule has 3 rings (SSSR count). The number of hydrogen-bond donors (Lipinski definition) is 1. The summed E-state index contributed by atoms with van der Waals surface area (Å²) in [4.78, 5) is 19.1. The predicted molar refractivity (Wildman–Crippen MR) is 96.2 cm³/mol. The van der Waals surface area contributed by atoms with Gasteiger partial charge in [0, 0.05) is 46.4 Å². The zero-order valence-corrected chi connectivity index (χ0v) is 15.0. The Morgan fingerprint density at radius 1 is 1.16 bits per heavy atom. The van der Waals surface area contributed by atoms with Crippen molar-refractivity contribution in [2.75, 3.05) is 53.0 Å². The number of nitrogens with zero attached hydrogens (tertiary/aromatic N) is 3. The predicted octanol–water partition coefficient (Wildman–Crippen LogP) is 0.412. The maximum atomic E-state index is 12.6. The number of carbonyl (C=O) groups excluding carboxylic acids is 1. The summed E-state index contributed by atoms with van der Waals surface area (Å²) < 4.78 is 5.36. The van der Waals surface area contributed by atoms with Crippen LogP contribution in [0.2, 0.25) is 0 Å². The molecule has 0 bridgehead atoms. The molecule has 0 unspecified atom stereocenters. The quantitative estimate of drug-likeness (QED) is 0.808. The van der Waals surface area contributed by atoms with Crippen molar-refractivity contribution < 1.29 is 14.6 Å². The van der Waals surface area contributed by atoms with Gasteiger partial charge < -0.3 is 14.7 Å². The molecule has 2 aliphatic rings. The van der Waals surface area contributed by atoms with Crippen molar-refractivity contribution in [2.45, 2.75) is 25.1 Å². The Morgan fingerprint density at radius 2 is 1.84 bits per heavy atom. The Morgan fingerprint density at radius 3 is 2.48 bits per heavy atom. The normalized spacial score (nSPS) is 25.4. The first-order valence-corrected chi connectivity index (χ1v) is 9.11. The van der Waals surface area contributed by atoms with Crippen molar-refractivity contribution in [1.82, 2.24) is 14.7 Å². The third-order valence-electron chi connectivity index (χ3n) is 5.31. The molecule has 2 aliphatic heterocycles. The summed E-state index contributed by atoms with van der Waals surface area (Å²) in [5, 5.41) is 9.51. The highest BCUT2D eigenvalue weighted by Gasteiger charge is 2.35. The van der Waals surface area contributed by atoms with Gasteiger partial charge in [0.15, 0.2) is 0 Å². The van der Waals surface area contributed by atoms with Crippen molar-refractivity contribution in [2.24, 2.45) is 0 Å². The van der Waals surface area contributed by atoms with Crippen LogP contribution in [0.5, 0.6) is 0 Å². The van der Waals surface area contributed by atoms with Crippen LogP contribution in [0, 0.1) is 0 Å². The molecular weight excluding hydrogens is 318 g/mol. The van der Waals surface area contributed by atoms with Gasteiger partial charge in [-0.2, -0.15) is 0 Å². The van der Waals surface area contributed by atoms with Crippen LogP contribution in [-0.4, -0.2) is 90.8 Å². The second-order valence-corrected chi connectivity index (χ2v) is 7.01. The standard InChI is InChI=1S/C19H29N3O3/c1-25-18-11-17(15-23)22(13-18)19(24)14-21-9-7-20(8-10-21)12-16-5-3-2-4-6-16/h2-6,17-18,23H,7-15H2,1H3/t17-,18-/m0/s1. The molecule has 0 radical (unpaired) electrons. The van der Waals surface area contributed by atoms with Crippen molar-refractivity contribution >= 4 is 5.91 Å². The molecule has 2 atom stereocenters. The minimum absolute atomic E-state index is 0.0104. The van der Waals surface area contributed by atoms with Crippen LogP contribution in [0.25, 0.3) is 0 Å². The number of benzene rings is 1. The maximum Gasteiger partial charge on any atom is 0.237 e. The second kappa shape index (κ2) is 8.76. The van der Waals surface area contributed by atoms with E-state index in [0.717, 1.165) is 39.1 Å². The Hall–Kier alpha value is -1.47. The van der Waals surface area contributed by atoms with Gasteiger partial charge in [-0.25, -0.2) is 0 Å². The lowest BCUT2D eigenvalue weighted by molar-refractivity contribution is -0.134. The first kappa shape index (κ1) is 18.3. The van der Waals surface area contributed by atoms with E-state index in [2.05, 4.69) is 34.1 Å². The zero-order valence-electron chi connectivity index (χ0n) is 15.0. The van der Waals surface area contributed by atoms with Crippen molar-refractivity contribution in [3.63, 3.8) is 0 Å². The van der Waals surface area contributed by atoms with E-state index in [1.54, 1.807) is 12.0 Å². The third kappa shape index (κ3) is 4.79. The first-order valence-electron chi connectivity index (χ1n) is 9.11. The highest BCUT2D eigenvalue weighted by Crippen LogP contribution is 2.20. The summed E-state index contributed by atoms with van der Waals surface area (Å²) in [6, 6.07) is 10.4. The fraction of sp³-hybridized carbons (Fsp3) is 0.632. The van der Waals surface area contributed by atoms with Crippen molar-refractivity contribution in [3.8, 4) is 0 Å². The van der Waals surface area contributed by atoms with Gasteiger partial charge in [-0.3, -0.25) is 14.6 Å². The summed E-state index contributed by atoms with van der Waals surface area (Å²) in [7, 11) is 1.67. The van der Waals surface area contributed by atoms with E-state index in [9.17, 15) is 9.90 Å². The average Bonchev–Trinajstić information content (AvgIpc) is 3.08. The van der Waals surface area contributed by atoms with E-state index in [1.807, 2.05) is 6.07 Å². The number of rotatable bonds is 6. The highest BCUT2D eigenvalue weighted by atomic mass is 16.5. The molecule has 0 saturated carbocycles. The number of likely N-dealkylation sites (tertiary alicyclic amines) is 1. The molecule has 2 saturated heterocycles. The number of ether oxygens (including phenoxy) is 1. The van der Waals surface area contributed by atoms with Gasteiger partial charge in [-0.05, 0) is 12.0 Å². The topological polar surface area (TPSA) is 56.3 Å². The van der Waals surface area contributed by atoms with E-state index in [1.165, 1.54) is 5.56 Å². The van der Waals surface area contributed by atoms with Crippen molar-refractivity contribution in [1.29, 1.82) is 0 Å². The van der Waals surface area contributed by atoms with E-state index in [-0.39, 0.29) is 24.7 Å². The molecule has 1 aromatic rings. The first-order chi connectivity index (χ1) is 12.2. The molecule has 0 aromatic heterocycles. The van der Waals surface area contributed by atoms with Crippen LogP contribution in [0.1, 0.15) is 12.0 Å². The van der Waals surface area contributed by atoms with E-state index >= 15 is 0 Å². The van der Waals surface area contributed by atoms with Crippen LogP contribution in [-0.2, 0) is 16.1 Å². The zero-order chi connectivity index (χ0) is 17.6. The number of amides is 1. The molecule has 1 N–H and O–H groups in total. The summed E-state index contributed by atoms with van der Waals surface area (Å²) >= 11 is 0. The summed E-state index contributed by atoms with van der Waals surface area (Å²) in [6.45, 7) is 5.78. The lowest BCUT2D eigenvalue weighted by Gasteiger charge is -2.35. The Bertz CT molecular complexity index is 546. The van der Waals surface area contributed by atoms with Gasteiger partial charge in [-0.1, -0.05) is 30.3 Å².